The van der Waals surface area contributed by atoms with Crippen LogP contribution in [0.5, 0.6) is 0 Å². The van der Waals surface area contributed by atoms with Gasteiger partial charge in [0.05, 0.1) is 0 Å². The van der Waals surface area contributed by atoms with Crippen LogP contribution in [0.25, 0.3) is 0 Å². The summed E-state index contributed by atoms with van der Waals surface area (Å²) in [4.78, 5) is 18.2. The van der Waals surface area contributed by atoms with Gasteiger partial charge in [0.2, 0.25) is 5.89 Å². The van der Waals surface area contributed by atoms with E-state index in [1.807, 2.05) is 11.8 Å². The maximum Gasteiger partial charge on any atom is 0.318 e. The van der Waals surface area contributed by atoms with Crippen molar-refractivity contribution in [3.63, 3.8) is 0 Å². The lowest BCUT2D eigenvalue weighted by molar-refractivity contribution is 0.159. The maximum atomic E-state index is 12.1. The van der Waals surface area contributed by atoms with Gasteiger partial charge in [-0.15, -0.1) is 0 Å². The summed E-state index contributed by atoms with van der Waals surface area (Å²) in [5, 5.41) is 6.66. The fourth-order valence-electron chi connectivity index (χ4n) is 2.31. The van der Waals surface area contributed by atoms with Crippen LogP contribution in [0.3, 0.4) is 0 Å². The van der Waals surface area contributed by atoms with Crippen molar-refractivity contribution in [1.82, 2.24) is 20.4 Å². The Morgan fingerprint density at radius 1 is 1.50 bits per heavy atom. The molecule has 1 saturated heterocycles. The molecule has 1 aliphatic heterocycles. The fraction of sp³-hybridized carbons (Fsp3) is 0.750. The normalized spacial score (nSPS) is 20.6. The van der Waals surface area contributed by atoms with Gasteiger partial charge in [0.25, 0.3) is 0 Å². The lowest BCUT2D eigenvalue weighted by atomic mass is 10.1. The van der Waals surface area contributed by atoms with E-state index < -0.39 is 0 Å². The number of aromatic nitrogens is 2. The Labute approximate surface area is 107 Å². The van der Waals surface area contributed by atoms with E-state index in [9.17, 15) is 4.79 Å². The van der Waals surface area contributed by atoms with Crippen LogP contribution in [0.15, 0.2) is 4.52 Å². The highest BCUT2D eigenvalue weighted by molar-refractivity contribution is 5.74. The highest BCUT2D eigenvalue weighted by Crippen LogP contribution is 2.28. The Hall–Kier alpha value is -1.59. The lowest BCUT2D eigenvalue weighted by Crippen LogP contribution is -2.42. The number of carbonyl (C=O) groups excluding carboxylic acids is 1. The number of amides is 2. The van der Waals surface area contributed by atoms with E-state index in [4.69, 9.17) is 4.52 Å². The molecule has 0 aliphatic carbocycles. The number of urea groups is 1. The molecule has 6 nitrogen and oxygen atoms in total. The Balaban J connectivity index is 2.18. The molecule has 0 saturated carbocycles. The zero-order valence-corrected chi connectivity index (χ0v) is 11.0. The average molecular weight is 252 g/mol. The van der Waals surface area contributed by atoms with E-state index in [1.54, 1.807) is 6.92 Å². The van der Waals surface area contributed by atoms with E-state index >= 15 is 0 Å². The first-order valence-electron chi connectivity index (χ1n) is 6.57. The molecule has 1 N–H and O–H groups in total. The summed E-state index contributed by atoms with van der Waals surface area (Å²) in [6.07, 6.45) is 4.14. The molecule has 6 heteroatoms. The summed E-state index contributed by atoms with van der Waals surface area (Å²) in [6.45, 7) is 5.09. The molecule has 0 aromatic carbocycles. The third-order valence-electron chi connectivity index (χ3n) is 3.17. The molecule has 1 fully saturated rings. The summed E-state index contributed by atoms with van der Waals surface area (Å²) in [5.41, 5.74) is 0. The molecule has 2 rings (SSSR count). The van der Waals surface area contributed by atoms with Crippen molar-refractivity contribution in [3.05, 3.63) is 11.7 Å². The predicted molar refractivity (Wildman–Crippen MR) is 66.0 cm³/mol. The van der Waals surface area contributed by atoms with Crippen molar-refractivity contribution in [3.8, 4) is 0 Å². The molecule has 0 spiro atoms. The summed E-state index contributed by atoms with van der Waals surface area (Å²) in [7, 11) is 0. The Morgan fingerprint density at radius 2 is 2.33 bits per heavy atom. The maximum absolute atomic E-state index is 12.1. The molecule has 100 valence electrons. The SMILES string of the molecule is CCNC(=O)N1CCCCCC1c1nc(C)no1. The highest BCUT2D eigenvalue weighted by Gasteiger charge is 2.30. The second kappa shape index (κ2) is 5.84. The third kappa shape index (κ3) is 2.80. The van der Waals surface area contributed by atoms with Gasteiger partial charge in [-0.2, -0.15) is 4.98 Å². The minimum Gasteiger partial charge on any atom is -0.338 e. The predicted octanol–water partition coefficient (Wildman–Crippen LogP) is 2.02. The fourth-order valence-corrected chi connectivity index (χ4v) is 2.31. The lowest BCUT2D eigenvalue weighted by Gasteiger charge is -2.27. The van der Waals surface area contributed by atoms with Gasteiger partial charge < -0.3 is 14.7 Å². The zero-order valence-electron chi connectivity index (χ0n) is 11.0. The monoisotopic (exact) mass is 252 g/mol. The molecular weight excluding hydrogens is 232 g/mol. The Kier molecular flexibility index (Phi) is 4.17. The molecule has 0 bridgehead atoms. The second-order valence-electron chi connectivity index (χ2n) is 4.57. The molecule has 0 radical (unpaired) electrons. The quantitative estimate of drug-likeness (QED) is 0.874. The number of nitrogens with zero attached hydrogens (tertiary/aromatic N) is 3. The van der Waals surface area contributed by atoms with Crippen LogP contribution in [0.2, 0.25) is 0 Å². The first kappa shape index (κ1) is 12.9. The van der Waals surface area contributed by atoms with Gasteiger partial charge in [0, 0.05) is 13.1 Å². The molecule has 1 aliphatic rings. The molecule has 2 heterocycles. The summed E-state index contributed by atoms with van der Waals surface area (Å²) < 4.78 is 5.24. The van der Waals surface area contributed by atoms with E-state index in [-0.39, 0.29) is 12.1 Å². The number of rotatable bonds is 2. The van der Waals surface area contributed by atoms with E-state index in [1.165, 1.54) is 0 Å². The molecule has 18 heavy (non-hydrogen) atoms. The molecule has 1 unspecified atom stereocenters. The number of likely N-dealkylation sites (tertiary alicyclic amines) is 1. The summed E-state index contributed by atoms with van der Waals surface area (Å²) in [6, 6.07) is -0.125. The Bertz CT molecular complexity index is 405. The van der Waals surface area contributed by atoms with Crippen LogP contribution in [0.1, 0.15) is 50.4 Å². The van der Waals surface area contributed by atoms with Crippen molar-refractivity contribution >= 4 is 6.03 Å². The number of nitrogens with one attached hydrogen (secondary N) is 1. The van der Waals surface area contributed by atoms with Crippen LogP contribution >= 0.6 is 0 Å². The first-order valence-corrected chi connectivity index (χ1v) is 6.57. The van der Waals surface area contributed by atoms with Crippen molar-refractivity contribution < 1.29 is 9.32 Å². The van der Waals surface area contributed by atoms with Crippen molar-refractivity contribution in [2.75, 3.05) is 13.1 Å². The highest BCUT2D eigenvalue weighted by atomic mass is 16.5. The van der Waals surface area contributed by atoms with E-state index in [2.05, 4.69) is 15.5 Å². The standard InChI is InChI=1S/C12H20N4O2/c1-3-13-12(17)16-8-6-4-5-7-10(16)11-14-9(2)15-18-11/h10H,3-8H2,1-2H3,(H,13,17). The first-order chi connectivity index (χ1) is 8.72. The minimum atomic E-state index is -0.0831. The summed E-state index contributed by atoms with van der Waals surface area (Å²) >= 11 is 0. The van der Waals surface area contributed by atoms with E-state index in [0.29, 0.717) is 18.3 Å². The smallest absolute Gasteiger partial charge is 0.318 e. The summed E-state index contributed by atoms with van der Waals surface area (Å²) in [5.74, 6) is 1.17. The van der Waals surface area contributed by atoms with Crippen LogP contribution in [0.4, 0.5) is 4.79 Å². The number of hydrogen-bond donors (Lipinski definition) is 1. The topological polar surface area (TPSA) is 71.3 Å². The van der Waals surface area contributed by atoms with Crippen molar-refractivity contribution in [1.29, 1.82) is 0 Å². The van der Waals surface area contributed by atoms with Gasteiger partial charge in [-0.1, -0.05) is 18.0 Å². The number of hydrogen-bond acceptors (Lipinski definition) is 4. The van der Waals surface area contributed by atoms with Crippen LogP contribution in [0, 0.1) is 6.92 Å². The zero-order chi connectivity index (χ0) is 13.0. The van der Waals surface area contributed by atoms with Gasteiger partial charge in [-0.05, 0) is 26.7 Å². The third-order valence-corrected chi connectivity index (χ3v) is 3.17. The molecule has 1 aromatic heterocycles. The molecular formula is C12H20N4O2. The van der Waals surface area contributed by atoms with Gasteiger partial charge in [0.1, 0.15) is 6.04 Å². The van der Waals surface area contributed by atoms with Crippen LogP contribution in [-0.2, 0) is 0 Å². The van der Waals surface area contributed by atoms with E-state index in [0.717, 1.165) is 32.2 Å². The van der Waals surface area contributed by atoms with Gasteiger partial charge in [0.15, 0.2) is 5.82 Å². The van der Waals surface area contributed by atoms with Crippen LogP contribution in [-0.4, -0.2) is 34.2 Å². The van der Waals surface area contributed by atoms with Crippen molar-refractivity contribution in [2.24, 2.45) is 0 Å². The largest absolute Gasteiger partial charge is 0.338 e. The molecule has 2 amide bonds. The van der Waals surface area contributed by atoms with Gasteiger partial charge in [-0.25, -0.2) is 4.79 Å². The van der Waals surface area contributed by atoms with Crippen molar-refractivity contribution in [2.45, 2.75) is 45.6 Å². The number of carbonyl (C=O) groups is 1. The average Bonchev–Trinajstić information content (AvgIpc) is 2.64. The minimum absolute atomic E-state index is 0.0414. The van der Waals surface area contributed by atoms with Gasteiger partial charge in [-0.3, -0.25) is 0 Å². The van der Waals surface area contributed by atoms with Crippen LogP contribution < -0.4 is 5.32 Å². The molecule has 1 atom stereocenters. The number of aryl methyl sites for hydroxylation is 1. The molecule has 1 aromatic rings. The van der Waals surface area contributed by atoms with Gasteiger partial charge >= 0.3 is 6.03 Å². The Morgan fingerprint density at radius 3 is 3.00 bits per heavy atom. The second-order valence-corrected chi connectivity index (χ2v) is 4.57.